The van der Waals surface area contributed by atoms with Crippen molar-refractivity contribution >= 4 is 51.0 Å². The molecule has 0 aromatic heterocycles. The minimum atomic E-state index is -4.15. The predicted octanol–water partition coefficient (Wildman–Crippen LogP) is 5.31. The number of carbonyl (C=O) groups is 1. The highest BCUT2D eigenvalue weighted by Gasteiger charge is 2.19. The van der Waals surface area contributed by atoms with Crippen LogP contribution in [-0.4, -0.2) is 14.3 Å². The highest BCUT2D eigenvalue weighted by molar-refractivity contribution is 7.87. The van der Waals surface area contributed by atoms with Crippen molar-refractivity contribution in [2.75, 3.05) is 5.32 Å². The molecule has 156 valence electrons. The van der Waals surface area contributed by atoms with Gasteiger partial charge >= 0.3 is 10.1 Å². The quantitative estimate of drug-likeness (QED) is 0.298. The number of hydrogen-bond donors (Lipinski definition) is 1. The Balaban J connectivity index is 1.88. The molecular weight excluding hydrogens is 459 g/mol. The van der Waals surface area contributed by atoms with Crippen LogP contribution in [0.3, 0.4) is 0 Å². The van der Waals surface area contributed by atoms with E-state index in [2.05, 4.69) is 5.32 Å². The Hall–Kier alpha value is -3.31. The maximum Gasteiger partial charge on any atom is 0.339 e. The van der Waals surface area contributed by atoms with Crippen molar-refractivity contribution in [2.24, 2.45) is 0 Å². The lowest BCUT2D eigenvalue weighted by Crippen LogP contribution is -2.13. The van der Waals surface area contributed by atoms with Crippen LogP contribution >= 0.6 is 23.2 Å². The zero-order valence-electron chi connectivity index (χ0n) is 15.7. The van der Waals surface area contributed by atoms with Gasteiger partial charge in [-0.2, -0.15) is 13.7 Å². The number of carbonyl (C=O) groups excluding carboxylic acids is 1. The van der Waals surface area contributed by atoms with Crippen LogP contribution in [-0.2, 0) is 14.9 Å². The molecule has 0 aliphatic carbocycles. The molecule has 0 saturated carbocycles. The molecule has 0 aliphatic heterocycles. The Morgan fingerprint density at radius 3 is 2.13 bits per heavy atom. The van der Waals surface area contributed by atoms with Crippen molar-refractivity contribution in [2.45, 2.75) is 4.90 Å². The van der Waals surface area contributed by atoms with E-state index in [0.29, 0.717) is 15.7 Å². The topological polar surface area (TPSA) is 96.3 Å². The predicted molar refractivity (Wildman–Crippen MR) is 119 cm³/mol. The van der Waals surface area contributed by atoms with Crippen LogP contribution in [0.1, 0.15) is 5.56 Å². The van der Waals surface area contributed by atoms with Crippen molar-refractivity contribution in [3.8, 4) is 11.8 Å². The van der Waals surface area contributed by atoms with E-state index < -0.39 is 16.0 Å². The van der Waals surface area contributed by atoms with E-state index in [9.17, 15) is 18.5 Å². The molecule has 0 saturated heterocycles. The Bertz CT molecular complexity index is 1280. The molecule has 0 spiro atoms. The molecule has 0 heterocycles. The van der Waals surface area contributed by atoms with Crippen LogP contribution < -0.4 is 9.50 Å². The van der Waals surface area contributed by atoms with Gasteiger partial charge in [-0.1, -0.05) is 41.4 Å². The van der Waals surface area contributed by atoms with E-state index in [1.54, 1.807) is 36.4 Å². The van der Waals surface area contributed by atoms with Gasteiger partial charge in [-0.15, -0.1) is 0 Å². The Morgan fingerprint density at radius 1 is 0.935 bits per heavy atom. The Kier molecular flexibility index (Phi) is 6.98. The lowest BCUT2D eigenvalue weighted by Gasteiger charge is -2.10. The van der Waals surface area contributed by atoms with Crippen LogP contribution in [0.25, 0.3) is 6.08 Å². The molecule has 0 radical (unpaired) electrons. The molecule has 3 aromatic carbocycles. The summed E-state index contributed by atoms with van der Waals surface area (Å²) in [6.07, 6.45) is 1.25. The van der Waals surface area contributed by atoms with Gasteiger partial charge in [-0.05, 0) is 60.7 Å². The molecule has 9 heteroatoms. The van der Waals surface area contributed by atoms with E-state index in [0.717, 1.165) is 0 Å². The van der Waals surface area contributed by atoms with Crippen molar-refractivity contribution in [1.82, 2.24) is 0 Å². The Labute approximate surface area is 189 Å². The molecule has 3 aromatic rings. The van der Waals surface area contributed by atoms with Crippen molar-refractivity contribution in [3.05, 3.63) is 94.0 Å². The van der Waals surface area contributed by atoms with Crippen molar-refractivity contribution in [3.63, 3.8) is 0 Å². The maximum absolute atomic E-state index is 12.6. The summed E-state index contributed by atoms with van der Waals surface area (Å²) in [6, 6.07) is 19.8. The molecular formula is C22H14Cl2N2O4S. The third-order valence-corrected chi connectivity index (χ3v) is 5.74. The highest BCUT2D eigenvalue weighted by Crippen LogP contribution is 2.26. The zero-order chi connectivity index (χ0) is 22.4. The number of rotatable bonds is 6. The minimum Gasteiger partial charge on any atom is -0.378 e. The van der Waals surface area contributed by atoms with Crippen LogP contribution in [0.2, 0.25) is 10.0 Å². The Morgan fingerprint density at radius 2 is 1.52 bits per heavy atom. The monoisotopic (exact) mass is 472 g/mol. The highest BCUT2D eigenvalue weighted by atomic mass is 35.5. The number of nitrogens with zero attached hydrogens (tertiary/aromatic N) is 1. The summed E-state index contributed by atoms with van der Waals surface area (Å²) in [4.78, 5) is 12.4. The van der Waals surface area contributed by atoms with Gasteiger partial charge in [0.25, 0.3) is 5.91 Å². The first-order valence-corrected chi connectivity index (χ1v) is 10.9. The number of para-hydroxylation sites is 1. The average Bonchev–Trinajstić information content (AvgIpc) is 2.74. The number of hydrogen-bond acceptors (Lipinski definition) is 5. The van der Waals surface area contributed by atoms with Crippen LogP contribution in [0.5, 0.6) is 5.75 Å². The van der Waals surface area contributed by atoms with E-state index in [1.165, 1.54) is 42.5 Å². The van der Waals surface area contributed by atoms with E-state index in [1.807, 2.05) is 6.07 Å². The average molecular weight is 473 g/mol. The number of nitrogens with one attached hydrogen (secondary N) is 1. The molecule has 1 N–H and O–H groups in total. The van der Waals surface area contributed by atoms with E-state index in [-0.39, 0.29) is 21.8 Å². The fourth-order valence-corrected chi connectivity index (χ4v) is 3.68. The number of amides is 1. The van der Waals surface area contributed by atoms with Crippen molar-refractivity contribution < 1.29 is 17.4 Å². The normalized spacial score (nSPS) is 11.5. The second-order valence-corrected chi connectivity index (χ2v) is 8.58. The first kappa shape index (κ1) is 22.4. The molecule has 0 bridgehead atoms. The lowest BCUT2D eigenvalue weighted by molar-refractivity contribution is -0.112. The third-order valence-electron chi connectivity index (χ3n) is 3.99. The fraction of sp³-hybridized carbons (Fsp3) is 0. The lowest BCUT2D eigenvalue weighted by atomic mass is 10.1. The standard InChI is InChI=1S/C22H14Cl2N2O4S/c23-17-5-9-19(10-6-17)26-22(27)16(14-25)13-15-3-1-2-4-21(15)30-31(28,29)20-11-7-18(24)8-12-20/h1-13H,(H,26,27)/b16-13+. The minimum absolute atomic E-state index is 0.0375. The first-order chi connectivity index (χ1) is 14.8. The summed E-state index contributed by atoms with van der Waals surface area (Å²) in [5, 5.41) is 12.9. The fourth-order valence-electron chi connectivity index (χ4n) is 2.48. The summed E-state index contributed by atoms with van der Waals surface area (Å²) < 4.78 is 30.4. The summed E-state index contributed by atoms with van der Waals surface area (Å²) in [5.41, 5.74) is 0.447. The summed E-state index contributed by atoms with van der Waals surface area (Å²) in [7, 11) is -4.15. The van der Waals surface area contributed by atoms with Gasteiger partial charge in [-0.25, -0.2) is 0 Å². The smallest absolute Gasteiger partial charge is 0.339 e. The van der Waals surface area contributed by atoms with E-state index >= 15 is 0 Å². The number of halogens is 2. The molecule has 3 rings (SSSR count). The van der Waals surface area contributed by atoms with Gasteiger partial charge < -0.3 is 9.50 Å². The maximum atomic E-state index is 12.6. The zero-order valence-corrected chi connectivity index (χ0v) is 18.1. The van der Waals surface area contributed by atoms with Crippen LogP contribution in [0, 0.1) is 11.3 Å². The molecule has 1 amide bonds. The summed E-state index contributed by atoms with van der Waals surface area (Å²) >= 11 is 11.6. The van der Waals surface area contributed by atoms with Gasteiger partial charge in [0, 0.05) is 21.3 Å². The van der Waals surface area contributed by atoms with Gasteiger partial charge in [0.05, 0.1) is 0 Å². The number of benzene rings is 3. The van der Waals surface area contributed by atoms with Crippen LogP contribution in [0.4, 0.5) is 5.69 Å². The molecule has 6 nitrogen and oxygen atoms in total. The van der Waals surface area contributed by atoms with Crippen LogP contribution in [0.15, 0.2) is 83.3 Å². The van der Waals surface area contributed by atoms with Gasteiger partial charge in [0.2, 0.25) is 0 Å². The third kappa shape index (κ3) is 5.86. The summed E-state index contributed by atoms with van der Waals surface area (Å²) in [6.45, 7) is 0. The largest absolute Gasteiger partial charge is 0.378 e. The van der Waals surface area contributed by atoms with Gasteiger partial charge in [0.15, 0.2) is 0 Å². The first-order valence-electron chi connectivity index (χ1n) is 8.76. The van der Waals surface area contributed by atoms with E-state index in [4.69, 9.17) is 27.4 Å². The van der Waals surface area contributed by atoms with Gasteiger partial charge in [-0.3, -0.25) is 4.79 Å². The molecule has 0 atom stereocenters. The molecule has 0 fully saturated rings. The number of anilines is 1. The van der Waals surface area contributed by atoms with Crippen molar-refractivity contribution in [1.29, 1.82) is 5.26 Å². The second kappa shape index (κ2) is 9.67. The number of nitriles is 1. The van der Waals surface area contributed by atoms with Gasteiger partial charge in [0.1, 0.15) is 22.3 Å². The molecule has 0 aliphatic rings. The SMILES string of the molecule is N#C/C(=C\c1ccccc1OS(=O)(=O)c1ccc(Cl)cc1)C(=O)Nc1ccc(Cl)cc1. The molecule has 0 unspecified atom stereocenters. The second-order valence-electron chi connectivity index (χ2n) is 6.16. The molecule has 31 heavy (non-hydrogen) atoms. The summed E-state index contributed by atoms with van der Waals surface area (Å²) in [5.74, 6) is -0.704.